The van der Waals surface area contributed by atoms with Crippen LogP contribution < -0.4 is 5.32 Å². The van der Waals surface area contributed by atoms with E-state index < -0.39 is 11.5 Å². The first kappa shape index (κ1) is 18.4. The molecule has 2 N–H and O–H groups in total. The Balaban J connectivity index is 2.46. The Labute approximate surface area is 129 Å². The highest BCUT2D eigenvalue weighted by atomic mass is 16.4. The number of likely N-dealkylation sites (N-methyl/N-ethyl adjacent to an activating group) is 2. The predicted molar refractivity (Wildman–Crippen MR) is 86.7 cm³/mol. The maximum Gasteiger partial charge on any atom is 0.323 e. The molecule has 1 fully saturated rings. The van der Waals surface area contributed by atoms with Gasteiger partial charge < -0.3 is 10.0 Å². The van der Waals surface area contributed by atoms with Crippen LogP contribution in [0.15, 0.2) is 0 Å². The summed E-state index contributed by atoms with van der Waals surface area (Å²) in [5.74, 6) is -0.763. The van der Waals surface area contributed by atoms with Gasteiger partial charge in [0.05, 0.1) is 0 Å². The zero-order chi connectivity index (χ0) is 16.0. The Morgan fingerprint density at radius 2 is 2.19 bits per heavy atom. The Hall–Kier alpha value is -0.650. The zero-order valence-corrected chi connectivity index (χ0v) is 14.4. The normalized spacial score (nSPS) is 22.9. The fourth-order valence-electron chi connectivity index (χ4n) is 3.26. The van der Waals surface area contributed by atoms with Gasteiger partial charge in [-0.05, 0) is 60.2 Å². The van der Waals surface area contributed by atoms with Crippen LogP contribution in [0.25, 0.3) is 0 Å². The Bertz CT molecular complexity index is 335. The van der Waals surface area contributed by atoms with Crippen molar-refractivity contribution >= 4 is 5.97 Å². The molecule has 5 nitrogen and oxygen atoms in total. The summed E-state index contributed by atoms with van der Waals surface area (Å²) in [5.41, 5.74) is -0.845. The molecule has 0 aromatic rings. The molecule has 0 spiro atoms. The predicted octanol–water partition coefficient (Wildman–Crippen LogP) is 1.63. The van der Waals surface area contributed by atoms with E-state index in [2.05, 4.69) is 29.1 Å². The van der Waals surface area contributed by atoms with E-state index in [9.17, 15) is 9.90 Å². The average molecular weight is 299 g/mol. The third-order valence-corrected chi connectivity index (χ3v) is 4.50. The quantitative estimate of drug-likeness (QED) is 0.678. The summed E-state index contributed by atoms with van der Waals surface area (Å²) >= 11 is 0. The molecule has 1 aliphatic heterocycles. The molecule has 0 bridgehead atoms. The molecule has 0 radical (unpaired) electrons. The second-order valence-electron chi connectivity index (χ2n) is 6.87. The van der Waals surface area contributed by atoms with Gasteiger partial charge in [0, 0.05) is 25.2 Å². The first-order valence-corrected chi connectivity index (χ1v) is 8.22. The number of aliphatic carboxylic acids is 1. The van der Waals surface area contributed by atoms with E-state index in [0.29, 0.717) is 12.5 Å². The fraction of sp³-hybridized carbons (Fsp3) is 0.938. The van der Waals surface area contributed by atoms with Gasteiger partial charge in [-0.1, -0.05) is 6.92 Å². The minimum Gasteiger partial charge on any atom is -0.480 e. The molecule has 0 aromatic heterocycles. The van der Waals surface area contributed by atoms with Gasteiger partial charge in [-0.3, -0.25) is 15.0 Å². The Morgan fingerprint density at radius 1 is 1.52 bits per heavy atom. The lowest BCUT2D eigenvalue weighted by Gasteiger charge is -2.32. The monoisotopic (exact) mass is 299 g/mol. The van der Waals surface area contributed by atoms with Crippen molar-refractivity contribution in [2.24, 2.45) is 0 Å². The molecule has 1 saturated heterocycles. The van der Waals surface area contributed by atoms with Crippen LogP contribution in [0.2, 0.25) is 0 Å². The van der Waals surface area contributed by atoms with Crippen LogP contribution in [-0.4, -0.2) is 71.7 Å². The van der Waals surface area contributed by atoms with Crippen molar-refractivity contribution in [2.45, 2.75) is 64.6 Å². The van der Waals surface area contributed by atoms with E-state index in [4.69, 9.17) is 0 Å². The maximum atomic E-state index is 11.5. The number of carboxylic acid groups (broad SMARTS) is 1. The number of rotatable bonds is 9. The van der Waals surface area contributed by atoms with Crippen molar-refractivity contribution in [3.8, 4) is 0 Å². The molecule has 0 saturated carbocycles. The van der Waals surface area contributed by atoms with E-state index in [1.807, 2.05) is 13.8 Å². The fourth-order valence-corrected chi connectivity index (χ4v) is 3.26. The highest BCUT2D eigenvalue weighted by molar-refractivity contribution is 5.78. The van der Waals surface area contributed by atoms with E-state index in [1.165, 1.54) is 19.4 Å². The number of nitrogens with one attached hydrogen (secondary N) is 1. The summed E-state index contributed by atoms with van der Waals surface area (Å²) in [6.07, 6.45) is 3.17. The van der Waals surface area contributed by atoms with Gasteiger partial charge in [-0.2, -0.15) is 0 Å². The third-order valence-electron chi connectivity index (χ3n) is 4.50. The van der Waals surface area contributed by atoms with Crippen molar-refractivity contribution in [3.05, 3.63) is 0 Å². The largest absolute Gasteiger partial charge is 0.480 e. The topological polar surface area (TPSA) is 55.8 Å². The average Bonchev–Trinajstić information content (AvgIpc) is 2.82. The molecule has 0 amide bonds. The van der Waals surface area contributed by atoms with Gasteiger partial charge in [-0.15, -0.1) is 0 Å². The first-order chi connectivity index (χ1) is 9.78. The van der Waals surface area contributed by atoms with Gasteiger partial charge in [0.25, 0.3) is 0 Å². The van der Waals surface area contributed by atoms with Gasteiger partial charge in [-0.25, -0.2) is 0 Å². The number of nitrogens with zero attached hydrogens (tertiary/aromatic N) is 2. The standard InChI is InChI=1S/C16H33N3O2/c1-6-19-10-7-8-14(19)12-18(5)11-9-16(4,15(20)21)17-13(2)3/h13-14,17H,6-12H2,1-5H3,(H,20,21). The molecular weight excluding hydrogens is 266 g/mol. The molecule has 0 aliphatic carbocycles. The highest BCUT2D eigenvalue weighted by Crippen LogP contribution is 2.18. The molecule has 21 heavy (non-hydrogen) atoms. The van der Waals surface area contributed by atoms with Gasteiger partial charge in [0.2, 0.25) is 0 Å². The van der Waals surface area contributed by atoms with Crippen molar-refractivity contribution in [1.82, 2.24) is 15.1 Å². The minimum atomic E-state index is -0.845. The second kappa shape index (κ2) is 8.11. The Kier molecular flexibility index (Phi) is 7.10. The zero-order valence-electron chi connectivity index (χ0n) is 14.4. The molecule has 2 unspecified atom stereocenters. The van der Waals surface area contributed by atoms with Crippen LogP contribution in [0, 0.1) is 0 Å². The van der Waals surface area contributed by atoms with Crippen molar-refractivity contribution in [3.63, 3.8) is 0 Å². The lowest BCUT2D eigenvalue weighted by Crippen LogP contribution is -2.54. The lowest BCUT2D eigenvalue weighted by molar-refractivity contribution is -0.144. The summed E-state index contributed by atoms with van der Waals surface area (Å²) in [6, 6.07) is 0.802. The van der Waals surface area contributed by atoms with E-state index in [1.54, 1.807) is 6.92 Å². The summed E-state index contributed by atoms with van der Waals surface area (Å²) in [7, 11) is 2.10. The van der Waals surface area contributed by atoms with Crippen LogP contribution >= 0.6 is 0 Å². The number of hydrogen-bond acceptors (Lipinski definition) is 4. The summed E-state index contributed by atoms with van der Waals surface area (Å²) in [4.78, 5) is 16.3. The molecular formula is C16H33N3O2. The summed E-state index contributed by atoms with van der Waals surface area (Å²) in [5, 5.41) is 12.7. The molecule has 0 aromatic carbocycles. The minimum absolute atomic E-state index is 0.168. The SMILES string of the molecule is CCN1CCCC1CN(C)CCC(C)(NC(C)C)C(=O)O. The first-order valence-electron chi connectivity index (χ1n) is 8.22. The van der Waals surface area contributed by atoms with Crippen LogP contribution in [0.4, 0.5) is 0 Å². The highest BCUT2D eigenvalue weighted by Gasteiger charge is 2.33. The number of carboxylic acids is 1. The summed E-state index contributed by atoms with van der Waals surface area (Å²) < 4.78 is 0. The second-order valence-corrected chi connectivity index (χ2v) is 6.87. The smallest absolute Gasteiger partial charge is 0.323 e. The van der Waals surface area contributed by atoms with Crippen molar-refractivity contribution < 1.29 is 9.90 Å². The summed E-state index contributed by atoms with van der Waals surface area (Å²) in [6.45, 7) is 12.1. The van der Waals surface area contributed by atoms with Crippen LogP contribution in [-0.2, 0) is 4.79 Å². The van der Waals surface area contributed by atoms with Crippen molar-refractivity contribution in [1.29, 1.82) is 0 Å². The van der Waals surface area contributed by atoms with E-state index in [-0.39, 0.29) is 6.04 Å². The molecule has 2 atom stereocenters. The molecule has 124 valence electrons. The molecule has 1 heterocycles. The number of likely N-dealkylation sites (tertiary alicyclic amines) is 1. The van der Waals surface area contributed by atoms with Gasteiger partial charge in [0.1, 0.15) is 5.54 Å². The van der Waals surface area contributed by atoms with Crippen molar-refractivity contribution in [2.75, 3.05) is 33.2 Å². The molecule has 1 rings (SSSR count). The third kappa shape index (κ3) is 5.57. The molecule has 5 heteroatoms. The lowest BCUT2D eigenvalue weighted by atomic mass is 9.96. The maximum absolute atomic E-state index is 11.5. The molecule has 1 aliphatic rings. The van der Waals surface area contributed by atoms with Gasteiger partial charge in [0.15, 0.2) is 0 Å². The van der Waals surface area contributed by atoms with Gasteiger partial charge >= 0.3 is 5.97 Å². The number of carbonyl (C=O) groups is 1. The van der Waals surface area contributed by atoms with E-state index in [0.717, 1.165) is 19.6 Å². The van der Waals surface area contributed by atoms with Crippen LogP contribution in [0.5, 0.6) is 0 Å². The van der Waals surface area contributed by atoms with E-state index >= 15 is 0 Å². The number of hydrogen-bond donors (Lipinski definition) is 2. The van der Waals surface area contributed by atoms with Crippen LogP contribution in [0.1, 0.15) is 47.0 Å². The Morgan fingerprint density at radius 3 is 2.71 bits per heavy atom. The van der Waals surface area contributed by atoms with Crippen LogP contribution in [0.3, 0.4) is 0 Å².